The third kappa shape index (κ3) is 3.35. The lowest BCUT2D eigenvalue weighted by Gasteiger charge is -2.23. The van der Waals surface area contributed by atoms with Gasteiger partial charge in [0.2, 0.25) is 10.0 Å². The first-order valence-electron chi connectivity index (χ1n) is 6.39. The number of halogens is 2. The Morgan fingerprint density at radius 2 is 2.21 bits per heavy atom. The second-order valence-corrected chi connectivity index (χ2v) is 7.38. The van der Waals surface area contributed by atoms with Crippen LogP contribution in [-0.2, 0) is 10.0 Å². The number of rotatable bonds is 5. The highest BCUT2D eigenvalue weighted by atomic mass is 79.9. The van der Waals surface area contributed by atoms with Gasteiger partial charge in [-0.2, -0.15) is 4.31 Å². The highest BCUT2D eigenvalue weighted by Crippen LogP contribution is 2.28. The second-order valence-electron chi connectivity index (χ2n) is 4.70. The Bertz CT molecular complexity index is 535. The topological polar surface area (TPSA) is 37.4 Å². The molecule has 1 unspecified atom stereocenters. The largest absolute Gasteiger partial charge is 0.243 e. The molecule has 0 aromatic heterocycles. The zero-order chi connectivity index (χ0) is 13.9. The van der Waals surface area contributed by atoms with E-state index in [2.05, 4.69) is 15.9 Å². The Kier molecular flexibility index (Phi) is 4.97. The lowest BCUT2D eigenvalue weighted by Crippen LogP contribution is -2.35. The molecule has 1 aromatic rings. The van der Waals surface area contributed by atoms with E-state index in [4.69, 9.17) is 0 Å². The molecule has 1 aromatic carbocycles. The third-order valence-corrected chi connectivity index (χ3v) is 5.91. The summed E-state index contributed by atoms with van der Waals surface area (Å²) in [6.45, 7) is 0.534. The van der Waals surface area contributed by atoms with E-state index in [1.807, 2.05) is 0 Å². The molecule has 0 radical (unpaired) electrons. The smallest absolute Gasteiger partial charge is 0.207 e. The van der Waals surface area contributed by atoms with E-state index in [0.29, 0.717) is 6.54 Å². The first kappa shape index (κ1) is 14.9. The second kappa shape index (κ2) is 6.33. The average Bonchev–Trinajstić information content (AvgIpc) is 2.85. The Morgan fingerprint density at radius 3 is 2.89 bits per heavy atom. The Balaban J connectivity index is 2.23. The van der Waals surface area contributed by atoms with E-state index in [1.54, 1.807) is 0 Å². The van der Waals surface area contributed by atoms with Crippen molar-refractivity contribution in [3.05, 3.63) is 30.1 Å². The monoisotopic (exact) mass is 349 g/mol. The van der Waals surface area contributed by atoms with Crippen molar-refractivity contribution >= 4 is 26.0 Å². The van der Waals surface area contributed by atoms with Crippen LogP contribution in [0, 0.1) is 5.82 Å². The summed E-state index contributed by atoms with van der Waals surface area (Å²) in [6, 6.07) is 5.29. The van der Waals surface area contributed by atoms with Gasteiger partial charge in [-0.05, 0) is 43.9 Å². The van der Waals surface area contributed by atoms with Crippen LogP contribution in [0.15, 0.2) is 29.2 Å². The maximum absolute atomic E-state index is 13.2. The van der Waals surface area contributed by atoms with Crippen molar-refractivity contribution in [1.29, 1.82) is 0 Å². The van der Waals surface area contributed by atoms with Crippen LogP contribution < -0.4 is 0 Å². The van der Waals surface area contributed by atoms with E-state index < -0.39 is 15.8 Å². The molecule has 0 aliphatic carbocycles. The normalized spacial score (nSPS) is 20.8. The summed E-state index contributed by atoms with van der Waals surface area (Å²) < 4.78 is 39.7. The van der Waals surface area contributed by atoms with Crippen LogP contribution in [-0.4, -0.2) is 30.6 Å². The lowest BCUT2D eigenvalue weighted by molar-refractivity contribution is 0.369. The minimum Gasteiger partial charge on any atom is -0.207 e. The van der Waals surface area contributed by atoms with Crippen LogP contribution in [0.5, 0.6) is 0 Å². The number of nitrogens with zero attached hydrogens (tertiary/aromatic N) is 1. The summed E-state index contributed by atoms with van der Waals surface area (Å²) in [5.74, 6) is -0.516. The van der Waals surface area contributed by atoms with Crippen LogP contribution in [0.25, 0.3) is 0 Å². The van der Waals surface area contributed by atoms with Crippen molar-refractivity contribution in [3.63, 3.8) is 0 Å². The van der Waals surface area contributed by atoms with Gasteiger partial charge >= 0.3 is 0 Å². The fourth-order valence-electron chi connectivity index (χ4n) is 2.49. The van der Waals surface area contributed by atoms with Gasteiger partial charge in [0.05, 0.1) is 4.90 Å². The maximum Gasteiger partial charge on any atom is 0.243 e. The molecule has 3 nitrogen and oxygen atoms in total. The van der Waals surface area contributed by atoms with E-state index in [1.165, 1.54) is 22.5 Å². The van der Waals surface area contributed by atoms with Crippen LogP contribution in [0.3, 0.4) is 0 Å². The number of sulfonamides is 1. The molecule has 1 saturated heterocycles. The summed E-state index contributed by atoms with van der Waals surface area (Å²) >= 11 is 3.36. The van der Waals surface area contributed by atoms with Crippen molar-refractivity contribution in [3.8, 4) is 0 Å². The SMILES string of the molecule is O=S(=O)(c1cccc(F)c1)N1CCCC1CCCBr. The lowest BCUT2D eigenvalue weighted by atomic mass is 10.1. The van der Waals surface area contributed by atoms with Crippen molar-refractivity contribution in [2.24, 2.45) is 0 Å². The third-order valence-electron chi connectivity index (χ3n) is 3.40. The molecule has 0 bridgehead atoms. The molecule has 0 amide bonds. The highest BCUT2D eigenvalue weighted by Gasteiger charge is 2.34. The zero-order valence-corrected chi connectivity index (χ0v) is 13.0. The van der Waals surface area contributed by atoms with Gasteiger partial charge in [0, 0.05) is 17.9 Å². The van der Waals surface area contributed by atoms with Gasteiger partial charge in [-0.3, -0.25) is 0 Å². The van der Waals surface area contributed by atoms with E-state index >= 15 is 0 Å². The molecule has 19 heavy (non-hydrogen) atoms. The van der Waals surface area contributed by atoms with Gasteiger partial charge in [0.15, 0.2) is 0 Å². The Hall–Kier alpha value is -0.460. The molecule has 0 spiro atoms. The van der Waals surface area contributed by atoms with Crippen LogP contribution in [0.1, 0.15) is 25.7 Å². The zero-order valence-electron chi connectivity index (χ0n) is 10.6. The number of benzene rings is 1. The van der Waals surface area contributed by atoms with Crippen molar-refractivity contribution in [2.75, 3.05) is 11.9 Å². The Morgan fingerprint density at radius 1 is 1.42 bits per heavy atom. The summed E-state index contributed by atoms with van der Waals surface area (Å²) in [6.07, 6.45) is 3.56. The first-order chi connectivity index (χ1) is 9.05. The minimum absolute atomic E-state index is 0.0471. The predicted octanol–water partition coefficient (Wildman–Crippen LogP) is 3.15. The van der Waals surface area contributed by atoms with Gasteiger partial charge < -0.3 is 0 Å². The molecule has 1 aliphatic heterocycles. The van der Waals surface area contributed by atoms with Crippen molar-refractivity contribution < 1.29 is 12.8 Å². The molecule has 6 heteroatoms. The molecule has 2 rings (SSSR count). The molecule has 1 fully saturated rings. The van der Waals surface area contributed by atoms with Crippen molar-refractivity contribution in [2.45, 2.75) is 36.6 Å². The number of hydrogen-bond donors (Lipinski definition) is 0. The molecular weight excluding hydrogens is 333 g/mol. The van der Waals surface area contributed by atoms with Gasteiger partial charge in [0.1, 0.15) is 5.82 Å². The quantitative estimate of drug-likeness (QED) is 0.765. The Labute approximate surface area is 122 Å². The van der Waals surface area contributed by atoms with E-state index in [-0.39, 0.29) is 10.9 Å². The van der Waals surface area contributed by atoms with Gasteiger partial charge in [-0.15, -0.1) is 0 Å². The summed E-state index contributed by atoms with van der Waals surface area (Å²) in [4.78, 5) is 0.0539. The average molecular weight is 350 g/mol. The van der Waals surface area contributed by atoms with Crippen LogP contribution >= 0.6 is 15.9 Å². The van der Waals surface area contributed by atoms with Gasteiger partial charge in [0.25, 0.3) is 0 Å². The first-order valence-corrected chi connectivity index (χ1v) is 8.95. The summed E-state index contributed by atoms with van der Waals surface area (Å²) in [5, 5.41) is 0.872. The summed E-state index contributed by atoms with van der Waals surface area (Å²) in [5.41, 5.74) is 0. The summed E-state index contributed by atoms with van der Waals surface area (Å²) in [7, 11) is -3.56. The molecule has 0 saturated carbocycles. The van der Waals surface area contributed by atoms with E-state index in [0.717, 1.165) is 37.1 Å². The molecule has 1 aliphatic rings. The molecular formula is C13H17BrFNO2S. The standard InChI is InChI=1S/C13H17BrFNO2S/c14-8-2-5-12-6-3-9-16(12)19(17,18)13-7-1-4-11(15)10-13/h1,4,7,10,12H,2-3,5-6,8-9H2. The number of hydrogen-bond acceptors (Lipinski definition) is 2. The van der Waals surface area contributed by atoms with Crippen LogP contribution in [0.2, 0.25) is 0 Å². The van der Waals surface area contributed by atoms with Gasteiger partial charge in [-0.25, -0.2) is 12.8 Å². The maximum atomic E-state index is 13.2. The van der Waals surface area contributed by atoms with E-state index in [9.17, 15) is 12.8 Å². The molecule has 1 heterocycles. The van der Waals surface area contributed by atoms with Crippen LogP contribution in [0.4, 0.5) is 4.39 Å². The number of alkyl halides is 1. The predicted molar refractivity (Wildman–Crippen MR) is 76.3 cm³/mol. The fourth-order valence-corrected chi connectivity index (χ4v) is 4.57. The van der Waals surface area contributed by atoms with Gasteiger partial charge in [-0.1, -0.05) is 22.0 Å². The molecule has 1 atom stereocenters. The highest BCUT2D eigenvalue weighted by molar-refractivity contribution is 9.09. The fraction of sp³-hybridized carbons (Fsp3) is 0.538. The molecule has 106 valence electrons. The van der Waals surface area contributed by atoms with Crippen molar-refractivity contribution in [1.82, 2.24) is 4.31 Å². The molecule has 0 N–H and O–H groups in total. The minimum atomic E-state index is -3.56.